The lowest BCUT2D eigenvalue weighted by Gasteiger charge is -2.19. The van der Waals surface area contributed by atoms with E-state index in [0.717, 1.165) is 39.2 Å². The Morgan fingerprint density at radius 1 is 0.541 bits per heavy atom. The summed E-state index contributed by atoms with van der Waals surface area (Å²) >= 11 is 0. The van der Waals surface area contributed by atoms with Crippen LogP contribution in [0.25, 0.3) is 21.5 Å². The highest BCUT2D eigenvalue weighted by Gasteiger charge is 2.14. The van der Waals surface area contributed by atoms with Crippen molar-refractivity contribution >= 4 is 61.8 Å². The molecule has 6 heteroatoms. The highest BCUT2D eigenvalue weighted by Crippen LogP contribution is 2.38. The SMILES string of the molecule is CC(=O)Nc1ccc(NCc2c3ccccc3c(Nc3ccc(NC(C)=O)cc3)c3ccccc23)cc1. The monoisotopic (exact) mass is 488 g/mol. The van der Waals surface area contributed by atoms with Gasteiger partial charge in [-0.05, 0) is 64.9 Å². The van der Waals surface area contributed by atoms with Gasteiger partial charge in [-0.2, -0.15) is 0 Å². The van der Waals surface area contributed by atoms with Crippen LogP contribution >= 0.6 is 0 Å². The van der Waals surface area contributed by atoms with Crippen molar-refractivity contribution < 1.29 is 9.59 Å². The Hall–Kier alpha value is -4.84. The minimum absolute atomic E-state index is 0.0870. The van der Waals surface area contributed by atoms with Crippen molar-refractivity contribution in [2.24, 2.45) is 0 Å². The number of carbonyl (C=O) groups is 2. The van der Waals surface area contributed by atoms with Crippen molar-refractivity contribution in [1.29, 1.82) is 0 Å². The minimum Gasteiger partial charge on any atom is -0.381 e. The van der Waals surface area contributed by atoms with Gasteiger partial charge < -0.3 is 21.3 Å². The zero-order valence-electron chi connectivity index (χ0n) is 20.8. The van der Waals surface area contributed by atoms with Gasteiger partial charge in [-0.15, -0.1) is 0 Å². The summed E-state index contributed by atoms with van der Waals surface area (Å²) in [5.74, 6) is -0.179. The van der Waals surface area contributed by atoms with Crippen LogP contribution in [0.15, 0.2) is 97.1 Å². The number of carbonyl (C=O) groups excluding carboxylic acids is 2. The molecule has 0 spiro atoms. The summed E-state index contributed by atoms with van der Waals surface area (Å²) in [6.07, 6.45) is 0. The van der Waals surface area contributed by atoms with Crippen LogP contribution in [0.4, 0.5) is 28.4 Å². The minimum atomic E-state index is -0.0921. The summed E-state index contributed by atoms with van der Waals surface area (Å²) < 4.78 is 0. The Labute approximate surface area is 215 Å². The van der Waals surface area contributed by atoms with Crippen LogP contribution in [-0.2, 0) is 16.1 Å². The van der Waals surface area contributed by atoms with Crippen molar-refractivity contribution in [3.63, 3.8) is 0 Å². The summed E-state index contributed by atoms with van der Waals surface area (Å²) in [5.41, 5.74) is 5.71. The third-order valence-corrected chi connectivity index (χ3v) is 6.19. The van der Waals surface area contributed by atoms with E-state index in [9.17, 15) is 9.59 Å². The summed E-state index contributed by atoms with van der Waals surface area (Å²) in [5, 5.41) is 17.4. The molecule has 0 radical (unpaired) electrons. The molecule has 0 heterocycles. The maximum atomic E-state index is 11.4. The van der Waals surface area contributed by atoms with E-state index in [4.69, 9.17) is 0 Å². The quantitative estimate of drug-likeness (QED) is 0.182. The van der Waals surface area contributed by atoms with Crippen molar-refractivity contribution in [3.05, 3.63) is 103 Å². The number of hydrogen-bond acceptors (Lipinski definition) is 4. The van der Waals surface area contributed by atoms with Gasteiger partial charge in [0.2, 0.25) is 11.8 Å². The first-order chi connectivity index (χ1) is 18.0. The summed E-state index contributed by atoms with van der Waals surface area (Å²) in [4.78, 5) is 22.7. The van der Waals surface area contributed by atoms with E-state index in [-0.39, 0.29) is 11.8 Å². The van der Waals surface area contributed by atoms with Gasteiger partial charge in [0.15, 0.2) is 0 Å². The van der Waals surface area contributed by atoms with E-state index in [1.807, 2.05) is 48.5 Å². The molecule has 0 aromatic heterocycles. The van der Waals surface area contributed by atoms with Gasteiger partial charge in [0.1, 0.15) is 0 Å². The van der Waals surface area contributed by atoms with Crippen LogP contribution < -0.4 is 21.3 Å². The second-order valence-corrected chi connectivity index (χ2v) is 8.94. The normalized spacial score (nSPS) is 10.8. The van der Waals surface area contributed by atoms with Gasteiger partial charge in [0.05, 0.1) is 5.69 Å². The second-order valence-electron chi connectivity index (χ2n) is 8.94. The zero-order chi connectivity index (χ0) is 25.8. The molecule has 0 unspecified atom stereocenters. The molecule has 0 atom stereocenters. The number of rotatable bonds is 7. The van der Waals surface area contributed by atoms with E-state index in [1.54, 1.807) is 0 Å². The number of fused-ring (bicyclic) bond motifs is 2. The fourth-order valence-corrected chi connectivity index (χ4v) is 4.59. The van der Waals surface area contributed by atoms with Crippen molar-refractivity contribution in [2.45, 2.75) is 20.4 Å². The molecule has 0 saturated carbocycles. The Morgan fingerprint density at radius 2 is 0.946 bits per heavy atom. The molecule has 0 aliphatic carbocycles. The molecule has 4 N–H and O–H groups in total. The first-order valence-electron chi connectivity index (χ1n) is 12.2. The largest absolute Gasteiger partial charge is 0.381 e. The number of amides is 2. The third kappa shape index (κ3) is 5.38. The summed E-state index contributed by atoms with van der Waals surface area (Å²) in [6.45, 7) is 3.65. The van der Waals surface area contributed by atoms with Gasteiger partial charge in [-0.1, -0.05) is 48.5 Å². The Morgan fingerprint density at radius 3 is 1.41 bits per heavy atom. The van der Waals surface area contributed by atoms with Crippen molar-refractivity contribution in [3.8, 4) is 0 Å². The second kappa shape index (κ2) is 10.4. The van der Waals surface area contributed by atoms with Gasteiger partial charge in [0.25, 0.3) is 0 Å². The molecule has 0 fully saturated rings. The van der Waals surface area contributed by atoms with Gasteiger partial charge in [-0.3, -0.25) is 9.59 Å². The molecule has 6 nitrogen and oxygen atoms in total. The molecule has 0 aliphatic heterocycles. The predicted octanol–water partition coefficient (Wildman–Crippen LogP) is 7.27. The maximum Gasteiger partial charge on any atom is 0.221 e. The lowest BCUT2D eigenvalue weighted by Crippen LogP contribution is -2.06. The average Bonchev–Trinajstić information content (AvgIpc) is 2.89. The standard InChI is InChI=1S/C31H28N4O2/c1-20(36)33-23-13-11-22(12-14-23)32-19-30-26-7-3-5-9-28(26)31(29-10-6-4-8-27(29)30)35-25-17-15-24(16-18-25)34-21(2)37/h3-18,32,35H,19H2,1-2H3,(H,33,36)(H,34,37). The lowest BCUT2D eigenvalue weighted by molar-refractivity contribution is -0.115. The van der Waals surface area contributed by atoms with Crippen LogP contribution in [0.2, 0.25) is 0 Å². The number of benzene rings is 5. The summed E-state index contributed by atoms with van der Waals surface area (Å²) in [6, 6.07) is 32.3. The average molecular weight is 489 g/mol. The zero-order valence-corrected chi connectivity index (χ0v) is 20.8. The van der Waals surface area contributed by atoms with Gasteiger partial charge in [0, 0.05) is 53.9 Å². The van der Waals surface area contributed by atoms with E-state index < -0.39 is 0 Å². The smallest absolute Gasteiger partial charge is 0.221 e. The lowest BCUT2D eigenvalue weighted by atomic mass is 9.94. The highest BCUT2D eigenvalue weighted by atomic mass is 16.2. The fourth-order valence-electron chi connectivity index (χ4n) is 4.59. The Bertz CT molecular complexity index is 1540. The topological polar surface area (TPSA) is 82.3 Å². The van der Waals surface area contributed by atoms with Gasteiger partial charge in [-0.25, -0.2) is 0 Å². The van der Waals surface area contributed by atoms with Crippen molar-refractivity contribution in [1.82, 2.24) is 0 Å². The molecule has 5 rings (SSSR count). The third-order valence-electron chi connectivity index (χ3n) is 6.19. The fraction of sp³-hybridized carbons (Fsp3) is 0.0968. The molecule has 0 saturated heterocycles. The highest BCUT2D eigenvalue weighted by molar-refractivity contribution is 6.14. The molecular formula is C31H28N4O2. The first kappa shape index (κ1) is 23.9. The first-order valence-corrected chi connectivity index (χ1v) is 12.2. The molecule has 37 heavy (non-hydrogen) atoms. The molecule has 0 bridgehead atoms. The van der Waals surface area contributed by atoms with Gasteiger partial charge >= 0.3 is 0 Å². The number of anilines is 5. The molecule has 5 aromatic carbocycles. The predicted molar refractivity (Wildman–Crippen MR) is 154 cm³/mol. The molecule has 184 valence electrons. The van der Waals surface area contributed by atoms with E-state index in [1.165, 1.54) is 30.2 Å². The molecule has 2 amide bonds. The molecule has 5 aromatic rings. The molecular weight excluding hydrogens is 460 g/mol. The molecule has 0 aliphatic rings. The number of nitrogens with one attached hydrogen (secondary N) is 4. The van der Waals surface area contributed by atoms with E-state index in [2.05, 4.69) is 69.8 Å². The van der Waals surface area contributed by atoms with Crippen LogP contribution in [-0.4, -0.2) is 11.8 Å². The van der Waals surface area contributed by atoms with Crippen LogP contribution in [0, 0.1) is 0 Å². The summed E-state index contributed by atoms with van der Waals surface area (Å²) in [7, 11) is 0. The van der Waals surface area contributed by atoms with Crippen LogP contribution in [0.3, 0.4) is 0 Å². The maximum absolute atomic E-state index is 11.4. The number of hydrogen-bond donors (Lipinski definition) is 4. The van der Waals surface area contributed by atoms with Crippen LogP contribution in [0.1, 0.15) is 19.4 Å². The van der Waals surface area contributed by atoms with Crippen LogP contribution in [0.5, 0.6) is 0 Å². The van der Waals surface area contributed by atoms with Crippen molar-refractivity contribution in [2.75, 3.05) is 21.3 Å². The van der Waals surface area contributed by atoms with E-state index >= 15 is 0 Å². The Balaban J connectivity index is 1.50. The van der Waals surface area contributed by atoms with E-state index in [0.29, 0.717) is 6.54 Å². The Kier molecular flexibility index (Phi) is 6.72.